The van der Waals surface area contributed by atoms with E-state index in [-0.39, 0.29) is 0 Å². The number of rotatable bonds is 9. The van der Waals surface area contributed by atoms with E-state index in [9.17, 15) is 0 Å². The number of hydrogen-bond donors (Lipinski definition) is 1. The van der Waals surface area contributed by atoms with Gasteiger partial charge in [0, 0.05) is 26.7 Å². The van der Waals surface area contributed by atoms with Gasteiger partial charge in [-0.15, -0.1) is 0 Å². The maximum atomic E-state index is 5.73. The fraction of sp³-hybridized carbons (Fsp3) is 1.00. The van der Waals surface area contributed by atoms with Gasteiger partial charge in [-0.2, -0.15) is 0 Å². The molecule has 0 bridgehead atoms. The van der Waals surface area contributed by atoms with E-state index < -0.39 is 0 Å². The van der Waals surface area contributed by atoms with E-state index >= 15 is 0 Å². The molecular formula is C12H28N2O. The van der Waals surface area contributed by atoms with Gasteiger partial charge in [0.1, 0.15) is 0 Å². The highest BCUT2D eigenvalue weighted by atomic mass is 16.5. The molecule has 0 saturated heterocycles. The van der Waals surface area contributed by atoms with E-state index in [0.29, 0.717) is 11.8 Å². The molecule has 0 aliphatic rings. The minimum Gasteiger partial charge on any atom is -0.383 e. The molecule has 0 rings (SSSR count). The Bertz CT molecular complexity index is 136. The highest BCUT2D eigenvalue weighted by molar-refractivity contribution is 4.67. The van der Waals surface area contributed by atoms with Gasteiger partial charge in [-0.25, -0.2) is 0 Å². The Labute approximate surface area is 95.0 Å². The highest BCUT2D eigenvalue weighted by Crippen LogP contribution is 2.06. The zero-order valence-electron chi connectivity index (χ0n) is 10.8. The summed E-state index contributed by atoms with van der Waals surface area (Å²) in [6.07, 6.45) is 1.16. The van der Waals surface area contributed by atoms with Crippen LogP contribution in [-0.4, -0.2) is 44.8 Å². The molecule has 3 heteroatoms. The first-order valence-corrected chi connectivity index (χ1v) is 6.05. The molecular weight excluding hydrogens is 188 g/mol. The van der Waals surface area contributed by atoms with Gasteiger partial charge in [0.15, 0.2) is 0 Å². The normalized spacial score (nSPS) is 13.8. The Kier molecular flexibility index (Phi) is 9.06. The maximum absolute atomic E-state index is 5.73. The second-order valence-corrected chi connectivity index (χ2v) is 4.66. The molecule has 0 aromatic rings. The van der Waals surface area contributed by atoms with Crippen LogP contribution in [0.2, 0.25) is 0 Å². The lowest BCUT2D eigenvalue weighted by molar-refractivity contribution is 0.128. The van der Waals surface area contributed by atoms with E-state index in [1.807, 2.05) is 0 Å². The topological polar surface area (TPSA) is 38.5 Å². The van der Waals surface area contributed by atoms with Crippen molar-refractivity contribution < 1.29 is 4.74 Å². The van der Waals surface area contributed by atoms with Crippen molar-refractivity contribution in [3.8, 4) is 0 Å². The largest absolute Gasteiger partial charge is 0.383 e. The fourth-order valence-electron chi connectivity index (χ4n) is 1.73. The van der Waals surface area contributed by atoms with Gasteiger partial charge in [0.05, 0.1) is 6.61 Å². The molecule has 0 aromatic carbocycles. The van der Waals surface area contributed by atoms with Crippen LogP contribution in [0.15, 0.2) is 0 Å². The van der Waals surface area contributed by atoms with Gasteiger partial charge in [-0.05, 0) is 18.4 Å². The van der Waals surface area contributed by atoms with Crippen LogP contribution in [0.5, 0.6) is 0 Å². The number of nitrogens with zero attached hydrogens (tertiary/aromatic N) is 1. The van der Waals surface area contributed by atoms with Crippen molar-refractivity contribution in [2.24, 2.45) is 17.6 Å². The van der Waals surface area contributed by atoms with Gasteiger partial charge in [0.2, 0.25) is 0 Å². The molecule has 92 valence electrons. The van der Waals surface area contributed by atoms with Crippen LogP contribution >= 0.6 is 0 Å². The van der Waals surface area contributed by atoms with Gasteiger partial charge in [-0.3, -0.25) is 0 Å². The number of nitrogens with two attached hydrogens (primary N) is 1. The zero-order chi connectivity index (χ0) is 11.7. The predicted molar refractivity (Wildman–Crippen MR) is 66.0 cm³/mol. The minimum absolute atomic E-state index is 0.626. The number of hydrogen-bond acceptors (Lipinski definition) is 3. The molecule has 0 radical (unpaired) electrons. The summed E-state index contributed by atoms with van der Waals surface area (Å²) in [7, 11) is 1.76. The van der Waals surface area contributed by atoms with Crippen molar-refractivity contribution >= 4 is 0 Å². The standard InChI is InChI=1S/C12H28N2O/c1-5-12(8-13)10-14(6-7-15-4)9-11(2)3/h11-12H,5-10,13H2,1-4H3. The lowest BCUT2D eigenvalue weighted by Gasteiger charge is -2.27. The Balaban J connectivity index is 3.97. The Morgan fingerprint density at radius 2 is 1.93 bits per heavy atom. The van der Waals surface area contributed by atoms with Gasteiger partial charge in [-0.1, -0.05) is 27.2 Å². The highest BCUT2D eigenvalue weighted by Gasteiger charge is 2.12. The van der Waals surface area contributed by atoms with Crippen LogP contribution < -0.4 is 5.73 Å². The van der Waals surface area contributed by atoms with Crippen LogP contribution in [0.4, 0.5) is 0 Å². The van der Waals surface area contributed by atoms with Crippen molar-refractivity contribution in [1.82, 2.24) is 4.90 Å². The summed E-state index contributed by atoms with van der Waals surface area (Å²) in [5.74, 6) is 1.33. The summed E-state index contributed by atoms with van der Waals surface area (Å²) in [6.45, 7) is 11.6. The molecule has 0 aliphatic carbocycles. The molecule has 2 N–H and O–H groups in total. The van der Waals surface area contributed by atoms with E-state index in [2.05, 4.69) is 25.7 Å². The minimum atomic E-state index is 0.626. The molecule has 1 unspecified atom stereocenters. The van der Waals surface area contributed by atoms with Crippen molar-refractivity contribution in [1.29, 1.82) is 0 Å². The Morgan fingerprint density at radius 1 is 1.27 bits per heavy atom. The third-order valence-corrected chi connectivity index (χ3v) is 2.66. The lowest BCUT2D eigenvalue weighted by Crippen LogP contribution is -2.37. The van der Waals surface area contributed by atoms with Crippen molar-refractivity contribution in [2.75, 3.05) is 39.9 Å². The molecule has 15 heavy (non-hydrogen) atoms. The van der Waals surface area contributed by atoms with Crippen LogP contribution in [0, 0.1) is 11.8 Å². The van der Waals surface area contributed by atoms with E-state index in [1.165, 1.54) is 0 Å². The quantitative estimate of drug-likeness (QED) is 0.636. The molecule has 3 nitrogen and oxygen atoms in total. The molecule has 1 atom stereocenters. The number of methoxy groups -OCH3 is 1. The zero-order valence-corrected chi connectivity index (χ0v) is 10.8. The smallest absolute Gasteiger partial charge is 0.0589 e. The van der Waals surface area contributed by atoms with Gasteiger partial charge < -0.3 is 15.4 Å². The van der Waals surface area contributed by atoms with Crippen molar-refractivity contribution in [2.45, 2.75) is 27.2 Å². The predicted octanol–water partition coefficient (Wildman–Crippen LogP) is 1.58. The van der Waals surface area contributed by atoms with E-state index in [4.69, 9.17) is 10.5 Å². The first-order valence-electron chi connectivity index (χ1n) is 6.05. The third kappa shape index (κ3) is 7.77. The molecule has 0 aliphatic heterocycles. The summed E-state index contributed by atoms with van der Waals surface area (Å²) in [5.41, 5.74) is 5.73. The van der Waals surface area contributed by atoms with E-state index in [0.717, 1.165) is 39.2 Å². The van der Waals surface area contributed by atoms with Gasteiger partial charge in [0.25, 0.3) is 0 Å². The molecule has 0 amide bonds. The van der Waals surface area contributed by atoms with E-state index in [1.54, 1.807) is 7.11 Å². The Hall–Kier alpha value is -0.120. The third-order valence-electron chi connectivity index (χ3n) is 2.66. The average Bonchev–Trinajstić information content (AvgIpc) is 2.21. The molecule has 0 spiro atoms. The fourth-order valence-corrected chi connectivity index (χ4v) is 1.73. The summed E-state index contributed by atoms with van der Waals surface area (Å²) < 4.78 is 5.13. The van der Waals surface area contributed by atoms with Crippen molar-refractivity contribution in [3.63, 3.8) is 0 Å². The summed E-state index contributed by atoms with van der Waals surface area (Å²) in [4.78, 5) is 2.47. The molecule has 0 fully saturated rings. The van der Waals surface area contributed by atoms with Crippen LogP contribution in [-0.2, 0) is 4.74 Å². The summed E-state index contributed by atoms with van der Waals surface area (Å²) in [5, 5.41) is 0. The van der Waals surface area contributed by atoms with Crippen LogP contribution in [0.25, 0.3) is 0 Å². The average molecular weight is 216 g/mol. The monoisotopic (exact) mass is 216 g/mol. The SMILES string of the molecule is CCC(CN)CN(CCOC)CC(C)C. The summed E-state index contributed by atoms with van der Waals surface area (Å²) >= 11 is 0. The van der Waals surface area contributed by atoms with Gasteiger partial charge >= 0.3 is 0 Å². The lowest BCUT2D eigenvalue weighted by atomic mass is 10.1. The molecule has 0 saturated carbocycles. The second-order valence-electron chi connectivity index (χ2n) is 4.66. The molecule has 0 aromatic heterocycles. The van der Waals surface area contributed by atoms with Crippen LogP contribution in [0.1, 0.15) is 27.2 Å². The molecule has 0 heterocycles. The first-order chi connectivity index (χ1) is 7.13. The number of ether oxygens (including phenoxy) is 1. The van der Waals surface area contributed by atoms with Crippen molar-refractivity contribution in [3.05, 3.63) is 0 Å². The summed E-state index contributed by atoms with van der Waals surface area (Å²) in [6, 6.07) is 0. The Morgan fingerprint density at radius 3 is 2.33 bits per heavy atom. The maximum Gasteiger partial charge on any atom is 0.0589 e. The second kappa shape index (κ2) is 9.13. The first kappa shape index (κ1) is 14.9. The van der Waals surface area contributed by atoms with Crippen LogP contribution in [0.3, 0.4) is 0 Å².